The van der Waals surface area contributed by atoms with Gasteiger partial charge in [0.15, 0.2) is 0 Å². The van der Waals surface area contributed by atoms with Crippen molar-refractivity contribution in [1.29, 1.82) is 0 Å². The van der Waals surface area contributed by atoms with Crippen LogP contribution in [0.5, 0.6) is 0 Å². The number of nitrogens with one attached hydrogen (secondary N) is 1. The summed E-state index contributed by atoms with van der Waals surface area (Å²) in [7, 11) is -4.16. The number of anilines is 1. The summed E-state index contributed by atoms with van der Waals surface area (Å²) in [5.74, 6) is -0.312. The molecule has 0 aromatic heterocycles. The van der Waals surface area contributed by atoms with E-state index in [2.05, 4.69) is 4.72 Å². The van der Waals surface area contributed by atoms with Crippen LogP contribution in [0.2, 0.25) is 5.02 Å². The molecule has 0 atom stereocenters. The number of non-ortho nitro benzene ring substituents is 1. The lowest BCUT2D eigenvalue weighted by molar-refractivity contribution is -0.385. The standard InChI is InChI=1S/C18H18ClN3O5S/c1-12-4-6-14(22(24)25)11-17(12)28(26,27)20-16-7-5-13(19)10-15(16)18(23)21-8-2-3-9-21/h4-7,10-11,20H,2-3,8-9H2,1H3. The first kappa shape index (κ1) is 20.1. The Hall–Kier alpha value is -2.65. The minimum absolute atomic E-state index is 0.0761. The largest absolute Gasteiger partial charge is 0.339 e. The van der Waals surface area contributed by atoms with Crippen LogP contribution in [0, 0.1) is 17.0 Å². The first-order valence-corrected chi connectivity index (χ1v) is 10.4. The molecule has 28 heavy (non-hydrogen) atoms. The quantitative estimate of drug-likeness (QED) is 0.583. The minimum atomic E-state index is -4.16. The topological polar surface area (TPSA) is 110 Å². The minimum Gasteiger partial charge on any atom is -0.339 e. The second kappa shape index (κ2) is 7.76. The molecule has 1 heterocycles. The fraction of sp³-hybridized carbons (Fsp3) is 0.278. The maximum Gasteiger partial charge on any atom is 0.270 e. The van der Waals surface area contributed by atoms with Crippen molar-refractivity contribution in [3.05, 3.63) is 62.7 Å². The van der Waals surface area contributed by atoms with Crippen LogP contribution in [-0.4, -0.2) is 37.2 Å². The number of benzene rings is 2. The van der Waals surface area contributed by atoms with Gasteiger partial charge in [0.05, 0.1) is 21.1 Å². The highest BCUT2D eigenvalue weighted by atomic mass is 35.5. The zero-order valence-electron chi connectivity index (χ0n) is 15.0. The van der Waals surface area contributed by atoms with Crippen LogP contribution in [0.25, 0.3) is 0 Å². The average Bonchev–Trinajstić information content (AvgIpc) is 3.17. The zero-order chi connectivity index (χ0) is 20.5. The van der Waals surface area contributed by atoms with E-state index in [0.29, 0.717) is 23.7 Å². The number of rotatable bonds is 5. The van der Waals surface area contributed by atoms with E-state index in [4.69, 9.17) is 11.6 Å². The summed E-state index contributed by atoms with van der Waals surface area (Å²) in [4.78, 5) is 24.6. The smallest absolute Gasteiger partial charge is 0.270 e. The van der Waals surface area contributed by atoms with Gasteiger partial charge in [-0.25, -0.2) is 8.42 Å². The van der Waals surface area contributed by atoms with Crippen LogP contribution < -0.4 is 4.72 Å². The molecule has 0 aliphatic carbocycles. The number of carbonyl (C=O) groups excluding carboxylic acids is 1. The van der Waals surface area contributed by atoms with Crippen LogP contribution in [0.3, 0.4) is 0 Å². The van der Waals surface area contributed by atoms with E-state index in [-0.39, 0.29) is 27.7 Å². The molecule has 1 aliphatic heterocycles. The van der Waals surface area contributed by atoms with E-state index in [9.17, 15) is 23.3 Å². The summed E-state index contributed by atoms with van der Waals surface area (Å²) < 4.78 is 28.2. The molecule has 1 N–H and O–H groups in total. The second-order valence-corrected chi connectivity index (χ2v) is 8.59. The lowest BCUT2D eigenvalue weighted by atomic mass is 10.1. The number of sulfonamides is 1. The maximum atomic E-state index is 12.9. The van der Waals surface area contributed by atoms with Gasteiger partial charge in [0, 0.05) is 30.2 Å². The van der Waals surface area contributed by atoms with Crippen molar-refractivity contribution in [3.8, 4) is 0 Å². The van der Waals surface area contributed by atoms with E-state index >= 15 is 0 Å². The molecule has 2 aromatic carbocycles. The number of hydrogen-bond acceptors (Lipinski definition) is 5. The lowest BCUT2D eigenvalue weighted by Gasteiger charge is -2.19. The molecule has 2 aromatic rings. The van der Waals surface area contributed by atoms with Gasteiger partial charge in [-0.2, -0.15) is 0 Å². The fourth-order valence-electron chi connectivity index (χ4n) is 3.06. The first-order valence-electron chi connectivity index (χ1n) is 8.56. The Morgan fingerprint density at radius 3 is 2.50 bits per heavy atom. The van der Waals surface area contributed by atoms with Crippen molar-refractivity contribution in [2.75, 3.05) is 17.8 Å². The van der Waals surface area contributed by atoms with E-state index in [0.717, 1.165) is 18.9 Å². The van der Waals surface area contributed by atoms with Crippen LogP contribution in [-0.2, 0) is 10.0 Å². The molecule has 0 unspecified atom stereocenters. The fourth-order valence-corrected chi connectivity index (χ4v) is 4.58. The molecule has 0 radical (unpaired) electrons. The predicted octanol–water partition coefficient (Wildman–Crippen LogP) is 3.59. The van der Waals surface area contributed by atoms with Gasteiger partial charge in [-0.15, -0.1) is 0 Å². The van der Waals surface area contributed by atoms with Crippen molar-refractivity contribution in [1.82, 2.24) is 4.90 Å². The number of aryl methyl sites for hydroxylation is 1. The number of likely N-dealkylation sites (tertiary alicyclic amines) is 1. The number of carbonyl (C=O) groups is 1. The molecule has 1 amide bonds. The van der Waals surface area contributed by atoms with Crippen molar-refractivity contribution in [2.45, 2.75) is 24.7 Å². The summed E-state index contributed by atoms with van der Waals surface area (Å²) in [5, 5.41) is 11.3. The van der Waals surface area contributed by atoms with Gasteiger partial charge in [-0.3, -0.25) is 19.6 Å². The Morgan fingerprint density at radius 1 is 1.18 bits per heavy atom. The van der Waals surface area contributed by atoms with Gasteiger partial charge in [0.2, 0.25) is 0 Å². The third-order valence-electron chi connectivity index (χ3n) is 4.52. The van der Waals surface area contributed by atoms with Gasteiger partial charge in [0.1, 0.15) is 0 Å². The van der Waals surface area contributed by atoms with E-state index in [1.165, 1.54) is 37.3 Å². The van der Waals surface area contributed by atoms with Gasteiger partial charge in [-0.1, -0.05) is 17.7 Å². The first-order chi connectivity index (χ1) is 13.2. The number of nitro benzene ring substituents is 1. The van der Waals surface area contributed by atoms with Crippen molar-refractivity contribution in [2.24, 2.45) is 0 Å². The number of amides is 1. The molecular formula is C18H18ClN3O5S. The van der Waals surface area contributed by atoms with Gasteiger partial charge >= 0.3 is 0 Å². The third-order valence-corrected chi connectivity index (χ3v) is 6.26. The van der Waals surface area contributed by atoms with E-state index < -0.39 is 14.9 Å². The lowest BCUT2D eigenvalue weighted by Crippen LogP contribution is -2.29. The molecule has 0 spiro atoms. The molecule has 0 saturated carbocycles. The SMILES string of the molecule is Cc1ccc([N+](=O)[O-])cc1S(=O)(=O)Nc1ccc(Cl)cc1C(=O)N1CCCC1. The Morgan fingerprint density at radius 2 is 1.86 bits per heavy atom. The number of halogens is 1. The van der Waals surface area contributed by atoms with Gasteiger partial charge in [-0.05, 0) is 43.5 Å². The van der Waals surface area contributed by atoms with E-state index in [1.807, 2.05) is 0 Å². The van der Waals surface area contributed by atoms with Gasteiger partial charge < -0.3 is 4.90 Å². The normalized spacial score (nSPS) is 14.1. The Kier molecular flexibility index (Phi) is 5.57. The number of nitro groups is 1. The highest BCUT2D eigenvalue weighted by Gasteiger charge is 2.26. The summed E-state index contributed by atoms with van der Waals surface area (Å²) in [6.45, 7) is 2.74. The average molecular weight is 424 g/mol. The summed E-state index contributed by atoms with van der Waals surface area (Å²) in [6.07, 6.45) is 1.78. The molecule has 1 fully saturated rings. The molecular weight excluding hydrogens is 406 g/mol. The molecule has 3 rings (SSSR count). The molecule has 0 bridgehead atoms. The predicted molar refractivity (Wildman–Crippen MR) is 105 cm³/mol. The van der Waals surface area contributed by atoms with Crippen molar-refractivity contribution in [3.63, 3.8) is 0 Å². The van der Waals surface area contributed by atoms with Crippen molar-refractivity contribution >= 4 is 38.9 Å². The Labute approximate surface area is 167 Å². The maximum absolute atomic E-state index is 12.9. The zero-order valence-corrected chi connectivity index (χ0v) is 16.6. The molecule has 8 nitrogen and oxygen atoms in total. The van der Waals surface area contributed by atoms with Crippen molar-refractivity contribution < 1.29 is 18.1 Å². The molecule has 148 valence electrons. The van der Waals surface area contributed by atoms with E-state index in [1.54, 1.807) is 4.90 Å². The summed E-state index contributed by atoms with van der Waals surface area (Å²) in [5.41, 5.74) is 0.225. The monoisotopic (exact) mass is 423 g/mol. The Bertz CT molecular complexity index is 1050. The molecule has 10 heteroatoms. The Balaban J connectivity index is 2.00. The summed E-state index contributed by atoms with van der Waals surface area (Å²) >= 11 is 6.01. The third kappa shape index (κ3) is 4.10. The molecule has 1 saturated heterocycles. The van der Waals surface area contributed by atoms with Crippen LogP contribution in [0.1, 0.15) is 28.8 Å². The second-order valence-electron chi connectivity index (χ2n) is 6.50. The van der Waals surface area contributed by atoms with Gasteiger partial charge in [0.25, 0.3) is 21.6 Å². The highest BCUT2D eigenvalue weighted by Crippen LogP contribution is 2.28. The number of nitrogens with zero attached hydrogens (tertiary/aromatic N) is 2. The number of hydrogen-bond donors (Lipinski definition) is 1. The van der Waals surface area contributed by atoms with Crippen LogP contribution >= 0.6 is 11.6 Å². The van der Waals surface area contributed by atoms with Crippen LogP contribution in [0.4, 0.5) is 11.4 Å². The van der Waals surface area contributed by atoms with Crippen LogP contribution in [0.15, 0.2) is 41.3 Å². The summed E-state index contributed by atoms with van der Waals surface area (Å²) in [6, 6.07) is 7.90. The highest BCUT2D eigenvalue weighted by molar-refractivity contribution is 7.92. The molecule has 1 aliphatic rings.